The third-order valence-electron chi connectivity index (χ3n) is 1.88. The molecule has 0 atom stereocenters. The number of halogens is 1. The van der Waals surface area contributed by atoms with Gasteiger partial charge < -0.3 is 10.1 Å². The molecule has 2 aromatic heterocycles. The van der Waals surface area contributed by atoms with Crippen LogP contribution < -0.4 is 5.32 Å². The van der Waals surface area contributed by atoms with Crippen LogP contribution in [0.15, 0.2) is 6.20 Å². The highest BCUT2D eigenvalue weighted by molar-refractivity contribution is 6.28. The van der Waals surface area contributed by atoms with Crippen molar-refractivity contribution in [3.63, 3.8) is 0 Å². The van der Waals surface area contributed by atoms with Gasteiger partial charge in [-0.15, -0.1) is 0 Å². The Labute approximate surface area is 91.0 Å². The molecule has 0 aliphatic carbocycles. The second kappa shape index (κ2) is 4.41. The minimum atomic E-state index is 0.187. The van der Waals surface area contributed by atoms with Crippen LogP contribution in [0.4, 0.5) is 5.82 Å². The van der Waals surface area contributed by atoms with Crippen LogP contribution in [-0.4, -0.2) is 40.4 Å². The molecule has 7 heteroatoms. The first kappa shape index (κ1) is 10.1. The summed E-state index contributed by atoms with van der Waals surface area (Å²) in [6.07, 6.45) is 1.65. The maximum atomic E-state index is 5.75. The van der Waals surface area contributed by atoms with Crippen LogP contribution >= 0.6 is 11.6 Å². The number of hydrogen-bond acceptors (Lipinski definition) is 5. The third kappa shape index (κ3) is 2.16. The normalized spacial score (nSPS) is 10.8. The Morgan fingerprint density at radius 2 is 2.40 bits per heavy atom. The monoisotopic (exact) mass is 227 g/mol. The highest BCUT2D eigenvalue weighted by atomic mass is 35.5. The lowest BCUT2D eigenvalue weighted by Gasteiger charge is -2.05. The average Bonchev–Trinajstić information content (AvgIpc) is 2.65. The van der Waals surface area contributed by atoms with E-state index in [1.165, 1.54) is 0 Å². The zero-order valence-corrected chi connectivity index (χ0v) is 8.88. The van der Waals surface area contributed by atoms with E-state index in [4.69, 9.17) is 16.3 Å². The molecule has 0 aromatic carbocycles. The SMILES string of the molecule is COCCNc1nc(Cl)nc2[nH]ncc12. The summed E-state index contributed by atoms with van der Waals surface area (Å²) in [5.74, 6) is 0.663. The summed E-state index contributed by atoms with van der Waals surface area (Å²) in [6, 6.07) is 0. The van der Waals surface area contributed by atoms with Gasteiger partial charge >= 0.3 is 0 Å². The van der Waals surface area contributed by atoms with Crippen LogP contribution in [0.2, 0.25) is 5.28 Å². The number of H-pyrrole nitrogens is 1. The predicted octanol–water partition coefficient (Wildman–Crippen LogP) is 1.06. The van der Waals surface area contributed by atoms with Crippen molar-refractivity contribution in [3.05, 3.63) is 11.5 Å². The number of anilines is 1. The number of aromatic amines is 1. The van der Waals surface area contributed by atoms with Crippen molar-refractivity contribution in [3.8, 4) is 0 Å². The molecule has 0 unspecified atom stereocenters. The zero-order chi connectivity index (χ0) is 10.7. The van der Waals surface area contributed by atoms with E-state index in [0.717, 1.165) is 5.39 Å². The molecule has 0 fully saturated rings. The van der Waals surface area contributed by atoms with Crippen molar-refractivity contribution in [2.24, 2.45) is 0 Å². The van der Waals surface area contributed by atoms with Crippen LogP contribution in [0.25, 0.3) is 11.0 Å². The van der Waals surface area contributed by atoms with Crippen LogP contribution in [0, 0.1) is 0 Å². The van der Waals surface area contributed by atoms with Gasteiger partial charge in [-0.1, -0.05) is 0 Å². The number of rotatable bonds is 4. The summed E-state index contributed by atoms with van der Waals surface area (Å²) < 4.78 is 4.93. The van der Waals surface area contributed by atoms with Crippen molar-refractivity contribution in [2.75, 3.05) is 25.6 Å². The van der Waals surface area contributed by atoms with Gasteiger partial charge in [-0.2, -0.15) is 15.1 Å². The van der Waals surface area contributed by atoms with E-state index < -0.39 is 0 Å². The van der Waals surface area contributed by atoms with Crippen LogP contribution in [-0.2, 0) is 4.74 Å². The Bertz CT molecular complexity index is 457. The predicted molar refractivity (Wildman–Crippen MR) is 57.1 cm³/mol. The Kier molecular flexibility index (Phi) is 2.98. The summed E-state index contributed by atoms with van der Waals surface area (Å²) in [7, 11) is 1.64. The van der Waals surface area contributed by atoms with E-state index in [-0.39, 0.29) is 5.28 Å². The number of hydrogen-bond donors (Lipinski definition) is 2. The van der Waals surface area contributed by atoms with Gasteiger partial charge in [0, 0.05) is 13.7 Å². The van der Waals surface area contributed by atoms with E-state index in [2.05, 4.69) is 25.5 Å². The fraction of sp³-hybridized carbons (Fsp3) is 0.375. The topological polar surface area (TPSA) is 75.7 Å². The molecule has 15 heavy (non-hydrogen) atoms. The van der Waals surface area contributed by atoms with Crippen LogP contribution in [0.3, 0.4) is 0 Å². The molecule has 2 aromatic rings. The van der Waals surface area contributed by atoms with Crippen molar-refractivity contribution in [1.82, 2.24) is 20.2 Å². The molecule has 2 N–H and O–H groups in total. The van der Waals surface area contributed by atoms with Gasteiger partial charge in [-0.3, -0.25) is 5.10 Å². The van der Waals surface area contributed by atoms with Gasteiger partial charge in [0.15, 0.2) is 5.65 Å². The van der Waals surface area contributed by atoms with Gasteiger partial charge in [0.05, 0.1) is 18.2 Å². The second-order valence-corrected chi connectivity index (χ2v) is 3.23. The number of aromatic nitrogens is 4. The van der Waals surface area contributed by atoms with E-state index in [1.54, 1.807) is 13.3 Å². The molecule has 2 rings (SSSR count). The first-order valence-corrected chi connectivity index (χ1v) is 4.78. The number of nitrogens with one attached hydrogen (secondary N) is 2. The quantitative estimate of drug-likeness (QED) is 0.604. The Hall–Kier alpha value is -1.40. The highest BCUT2D eigenvalue weighted by Gasteiger charge is 2.07. The second-order valence-electron chi connectivity index (χ2n) is 2.89. The summed E-state index contributed by atoms with van der Waals surface area (Å²) in [4.78, 5) is 8.06. The molecule has 0 aliphatic heterocycles. The van der Waals surface area contributed by atoms with E-state index in [1.807, 2.05) is 0 Å². The minimum Gasteiger partial charge on any atom is -0.383 e. The summed E-state index contributed by atoms with van der Waals surface area (Å²) in [5.41, 5.74) is 0.620. The molecule has 0 amide bonds. The van der Waals surface area contributed by atoms with E-state index in [0.29, 0.717) is 24.6 Å². The van der Waals surface area contributed by atoms with Gasteiger partial charge in [-0.05, 0) is 11.6 Å². The number of methoxy groups -OCH3 is 1. The molecule has 0 spiro atoms. The number of fused-ring (bicyclic) bond motifs is 1. The Morgan fingerprint density at radius 1 is 1.53 bits per heavy atom. The molecule has 0 radical (unpaired) electrons. The maximum Gasteiger partial charge on any atom is 0.226 e. The summed E-state index contributed by atoms with van der Waals surface area (Å²) in [5, 5.41) is 10.7. The first-order chi connectivity index (χ1) is 7.31. The number of nitrogens with zero attached hydrogens (tertiary/aromatic N) is 3. The smallest absolute Gasteiger partial charge is 0.226 e. The average molecular weight is 228 g/mol. The minimum absolute atomic E-state index is 0.187. The molecule has 0 bridgehead atoms. The fourth-order valence-electron chi connectivity index (χ4n) is 1.21. The Morgan fingerprint density at radius 3 is 3.20 bits per heavy atom. The molecular weight excluding hydrogens is 218 g/mol. The van der Waals surface area contributed by atoms with Crippen molar-refractivity contribution < 1.29 is 4.74 Å². The van der Waals surface area contributed by atoms with Crippen molar-refractivity contribution in [2.45, 2.75) is 0 Å². The summed E-state index contributed by atoms with van der Waals surface area (Å²) in [6.45, 7) is 1.26. The lowest BCUT2D eigenvalue weighted by Crippen LogP contribution is -2.09. The fourth-order valence-corrected chi connectivity index (χ4v) is 1.38. The lowest BCUT2D eigenvalue weighted by molar-refractivity contribution is 0.210. The Balaban J connectivity index is 2.27. The first-order valence-electron chi connectivity index (χ1n) is 4.40. The molecule has 0 aliphatic rings. The van der Waals surface area contributed by atoms with Gasteiger partial charge in [0.1, 0.15) is 5.82 Å². The lowest BCUT2D eigenvalue weighted by atomic mass is 10.4. The molecule has 80 valence electrons. The standard InChI is InChI=1S/C8H10ClN5O/c1-15-3-2-10-6-5-4-11-14-7(5)13-8(9)12-6/h4H,2-3H2,1H3,(H2,10,11,12,13,14). The van der Waals surface area contributed by atoms with Crippen LogP contribution in [0.1, 0.15) is 0 Å². The molecule has 6 nitrogen and oxygen atoms in total. The van der Waals surface area contributed by atoms with Gasteiger partial charge in [0.2, 0.25) is 5.28 Å². The summed E-state index contributed by atoms with van der Waals surface area (Å²) >= 11 is 5.75. The largest absolute Gasteiger partial charge is 0.383 e. The molecule has 0 saturated heterocycles. The van der Waals surface area contributed by atoms with E-state index in [9.17, 15) is 0 Å². The molecule has 2 heterocycles. The van der Waals surface area contributed by atoms with Crippen molar-refractivity contribution >= 4 is 28.5 Å². The zero-order valence-electron chi connectivity index (χ0n) is 8.12. The number of ether oxygens (including phenoxy) is 1. The maximum absolute atomic E-state index is 5.75. The van der Waals surface area contributed by atoms with Gasteiger partial charge in [0.25, 0.3) is 0 Å². The molecular formula is C8H10ClN5O. The van der Waals surface area contributed by atoms with Crippen molar-refractivity contribution in [1.29, 1.82) is 0 Å². The molecule has 0 saturated carbocycles. The van der Waals surface area contributed by atoms with Gasteiger partial charge in [-0.25, -0.2) is 0 Å². The highest BCUT2D eigenvalue weighted by Crippen LogP contribution is 2.19. The van der Waals surface area contributed by atoms with E-state index >= 15 is 0 Å². The third-order valence-corrected chi connectivity index (χ3v) is 2.05. The van der Waals surface area contributed by atoms with Crippen LogP contribution in [0.5, 0.6) is 0 Å².